The van der Waals surface area contributed by atoms with Crippen LogP contribution in [0.2, 0.25) is 0 Å². The summed E-state index contributed by atoms with van der Waals surface area (Å²) >= 11 is 2.41. The summed E-state index contributed by atoms with van der Waals surface area (Å²) in [6.45, 7) is 0. The first kappa shape index (κ1) is 19.0. The molecule has 2 aliphatic rings. The predicted octanol–water partition coefficient (Wildman–Crippen LogP) is -0.582. The van der Waals surface area contributed by atoms with Crippen LogP contribution >= 0.6 is 23.1 Å². The summed E-state index contributed by atoms with van der Waals surface area (Å²) in [5.74, 6) is -2.04. The summed E-state index contributed by atoms with van der Waals surface area (Å²) in [7, 11) is 2.61. The fourth-order valence-electron chi connectivity index (χ4n) is 2.65. The molecule has 2 aliphatic heterocycles. The molecule has 0 radical (unpaired) electrons. The number of methoxy groups -OCH3 is 1. The van der Waals surface area contributed by atoms with Crippen LogP contribution in [0.5, 0.6) is 0 Å². The molecule has 27 heavy (non-hydrogen) atoms. The Morgan fingerprint density at radius 2 is 2.22 bits per heavy atom. The average molecular weight is 413 g/mol. The summed E-state index contributed by atoms with van der Waals surface area (Å²) in [5, 5.41) is 16.8. The molecular formula is C14H15N5O6S2. The third-order valence-corrected chi connectivity index (χ3v) is 5.76. The zero-order valence-electron chi connectivity index (χ0n) is 14.2. The number of nitrogens with one attached hydrogen (secondary N) is 1. The minimum atomic E-state index is -1.27. The molecule has 1 fully saturated rings. The van der Waals surface area contributed by atoms with Crippen molar-refractivity contribution in [3.05, 3.63) is 22.5 Å². The molecular weight excluding hydrogens is 398 g/mol. The monoisotopic (exact) mass is 413 g/mol. The van der Waals surface area contributed by atoms with Crippen molar-refractivity contribution in [1.29, 1.82) is 0 Å². The lowest BCUT2D eigenvalue weighted by Gasteiger charge is -2.48. The standard InChI is InChI=1S/C14H15N5O6S2/c1-24-6-4-26-12-8(11(21)19(12)9(6)13(22)23)17-10(20)7(18-25-2)5-3-27-14(15)16-5/h3,8,12H,4H2,1-2H3,(H2,15,16)(H,17,20)(H,22,23)/t8?,12-/m1/s1. The van der Waals surface area contributed by atoms with Gasteiger partial charge in [-0.3, -0.25) is 14.5 Å². The number of hydrogen-bond donors (Lipinski definition) is 3. The summed E-state index contributed by atoms with van der Waals surface area (Å²) in [6.07, 6.45) is 0. The highest BCUT2D eigenvalue weighted by molar-refractivity contribution is 8.00. The van der Waals surface area contributed by atoms with E-state index >= 15 is 0 Å². The average Bonchev–Trinajstić information content (AvgIpc) is 3.08. The number of aliphatic carboxylic acids is 1. The van der Waals surface area contributed by atoms with Crippen molar-refractivity contribution >= 4 is 51.7 Å². The number of carboxylic acids is 1. The maximum absolute atomic E-state index is 12.6. The van der Waals surface area contributed by atoms with Crippen molar-refractivity contribution in [3.8, 4) is 0 Å². The van der Waals surface area contributed by atoms with Crippen LogP contribution in [-0.2, 0) is 24.0 Å². The first-order valence-electron chi connectivity index (χ1n) is 7.47. The SMILES string of the molecule is CON=C(C(=O)NC1C(=O)N2C(C(=O)O)=C(OC)CS[C@H]12)c1csc(N)n1. The largest absolute Gasteiger partial charge is 0.498 e. The number of fused-ring (bicyclic) bond motifs is 1. The molecule has 1 aromatic rings. The van der Waals surface area contributed by atoms with Crippen LogP contribution in [0.25, 0.3) is 0 Å². The quantitative estimate of drug-likeness (QED) is 0.315. The van der Waals surface area contributed by atoms with Gasteiger partial charge >= 0.3 is 5.97 Å². The minimum Gasteiger partial charge on any atom is -0.498 e. The van der Waals surface area contributed by atoms with E-state index in [9.17, 15) is 19.5 Å². The Hall–Kier alpha value is -2.80. The fourth-order valence-corrected chi connectivity index (χ4v) is 4.51. The van der Waals surface area contributed by atoms with E-state index in [1.807, 2.05) is 0 Å². The summed E-state index contributed by atoms with van der Waals surface area (Å²) in [5.41, 5.74) is 5.44. The Labute approximate surface area is 161 Å². The second-order valence-electron chi connectivity index (χ2n) is 5.34. The van der Waals surface area contributed by atoms with Gasteiger partial charge in [-0.05, 0) is 0 Å². The number of anilines is 1. The van der Waals surface area contributed by atoms with Crippen LogP contribution in [-0.4, -0.2) is 69.9 Å². The number of ether oxygens (including phenoxy) is 1. The van der Waals surface area contributed by atoms with E-state index < -0.39 is 29.2 Å². The van der Waals surface area contributed by atoms with E-state index in [0.717, 1.165) is 16.2 Å². The van der Waals surface area contributed by atoms with Gasteiger partial charge in [0.2, 0.25) is 0 Å². The second-order valence-corrected chi connectivity index (χ2v) is 7.33. The smallest absolute Gasteiger partial charge is 0.356 e. The Morgan fingerprint density at radius 3 is 2.78 bits per heavy atom. The third kappa shape index (κ3) is 3.30. The molecule has 4 N–H and O–H groups in total. The van der Waals surface area contributed by atoms with E-state index in [2.05, 4.69) is 20.3 Å². The first-order valence-corrected chi connectivity index (χ1v) is 9.40. The molecule has 3 heterocycles. The number of rotatable bonds is 6. The van der Waals surface area contributed by atoms with E-state index in [1.54, 1.807) is 0 Å². The second kappa shape index (κ2) is 7.44. The molecule has 3 rings (SSSR count). The highest BCUT2D eigenvalue weighted by atomic mass is 32.2. The molecule has 1 unspecified atom stereocenters. The van der Waals surface area contributed by atoms with Crippen LogP contribution in [0.15, 0.2) is 22.0 Å². The molecule has 0 aliphatic carbocycles. The van der Waals surface area contributed by atoms with Crippen LogP contribution in [0.3, 0.4) is 0 Å². The molecule has 2 amide bonds. The van der Waals surface area contributed by atoms with Crippen molar-refractivity contribution in [1.82, 2.24) is 15.2 Å². The number of thioether (sulfide) groups is 1. The topological polar surface area (TPSA) is 156 Å². The molecule has 0 spiro atoms. The van der Waals surface area contributed by atoms with Crippen LogP contribution in [0.1, 0.15) is 5.69 Å². The molecule has 1 saturated heterocycles. The lowest BCUT2D eigenvalue weighted by molar-refractivity contribution is -0.150. The maximum atomic E-state index is 12.6. The Morgan fingerprint density at radius 1 is 1.48 bits per heavy atom. The molecule has 2 atom stereocenters. The molecule has 0 bridgehead atoms. The molecule has 0 saturated carbocycles. The van der Waals surface area contributed by atoms with E-state index in [-0.39, 0.29) is 33.7 Å². The summed E-state index contributed by atoms with van der Waals surface area (Å²) in [4.78, 5) is 46.3. The van der Waals surface area contributed by atoms with Crippen molar-refractivity contribution < 1.29 is 29.1 Å². The number of carbonyl (C=O) groups excluding carboxylic acids is 2. The van der Waals surface area contributed by atoms with Gasteiger partial charge in [0, 0.05) is 5.38 Å². The Bertz CT molecular complexity index is 866. The lowest BCUT2D eigenvalue weighted by Crippen LogP contribution is -2.71. The van der Waals surface area contributed by atoms with Gasteiger partial charge in [-0.25, -0.2) is 9.78 Å². The van der Waals surface area contributed by atoms with Crippen molar-refractivity contribution in [3.63, 3.8) is 0 Å². The van der Waals surface area contributed by atoms with Gasteiger partial charge in [0.05, 0.1) is 12.9 Å². The zero-order chi connectivity index (χ0) is 19.7. The van der Waals surface area contributed by atoms with Gasteiger partial charge in [-0.15, -0.1) is 23.1 Å². The molecule has 144 valence electrons. The number of nitrogens with two attached hydrogens (primary N) is 1. The molecule has 0 aromatic carbocycles. The van der Waals surface area contributed by atoms with Gasteiger partial charge in [0.15, 0.2) is 16.5 Å². The predicted molar refractivity (Wildman–Crippen MR) is 96.8 cm³/mol. The Balaban J connectivity index is 1.79. The van der Waals surface area contributed by atoms with Gasteiger partial charge < -0.3 is 25.7 Å². The van der Waals surface area contributed by atoms with E-state index in [1.165, 1.54) is 31.4 Å². The number of nitrogen functional groups attached to an aromatic ring is 1. The number of β-lactam (4-membered cyclic amide) rings is 1. The first-order chi connectivity index (χ1) is 12.9. The van der Waals surface area contributed by atoms with Crippen LogP contribution < -0.4 is 11.1 Å². The maximum Gasteiger partial charge on any atom is 0.356 e. The number of thiazole rings is 1. The number of hydrogen-bond acceptors (Lipinski definition) is 10. The summed E-state index contributed by atoms with van der Waals surface area (Å²) < 4.78 is 5.05. The summed E-state index contributed by atoms with van der Waals surface area (Å²) in [6, 6.07) is -0.909. The minimum absolute atomic E-state index is 0.135. The van der Waals surface area contributed by atoms with Gasteiger partial charge in [0.25, 0.3) is 11.8 Å². The van der Waals surface area contributed by atoms with Crippen molar-refractivity contribution in [2.24, 2.45) is 5.16 Å². The van der Waals surface area contributed by atoms with E-state index in [4.69, 9.17) is 10.5 Å². The highest BCUT2D eigenvalue weighted by Gasteiger charge is 2.55. The van der Waals surface area contributed by atoms with Crippen molar-refractivity contribution in [2.45, 2.75) is 11.4 Å². The molecule has 13 heteroatoms. The normalized spacial score (nSPS) is 22.1. The highest BCUT2D eigenvalue weighted by Crippen LogP contribution is 2.40. The Kier molecular flexibility index (Phi) is 5.23. The van der Waals surface area contributed by atoms with Crippen molar-refractivity contribution in [2.75, 3.05) is 25.7 Å². The lowest BCUT2D eigenvalue weighted by atomic mass is 10.0. The van der Waals surface area contributed by atoms with Gasteiger partial charge in [-0.2, -0.15) is 0 Å². The number of amides is 2. The molecule has 1 aromatic heterocycles. The zero-order valence-corrected chi connectivity index (χ0v) is 15.8. The molecule has 11 nitrogen and oxygen atoms in total. The van der Waals surface area contributed by atoms with E-state index in [0.29, 0.717) is 0 Å². The van der Waals surface area contributed by atoms with Gasteiger partial charge in [0.1, 0.15) is 30.0 Å². The number of aromatic nitrogens is 1. The fraction of sp³-hybridized carbons (Fsp3) is 0.357. The number of carboxylic acid groups (broad SMARTS) is 1. The van der Waals surface area contributed by atoms with Gasteiger partial charge in [-0.1, -0.05) is 5.16 Å². The number of oxime groups is 1. The van der Waals surface area contributed by atoms with Crippen LogP contribution in [0, 0.1) is 0 Å². The number of carbonyl (C=O) groups is 3. The van der Waals surface area contributed by atoms with Crippen LogP contribution in [0.4, 0.5) is 5.13 Å². The number of nitrogens with zero attached hydrogens (tertiary/aromatic N) is 3. The third-order valence-electron chi connectivity index (χ3n) is 3.83.